The molecule has 22 heavy (non-hydrogen) atoms. The van der Waals surface area contributed by atoms with E-state index in [2.05, 4.69) is 41.4 Å². The Bertz CT molecular complexity index is 805. The fourth-order valence-electron chi connectivity index (χ4n) is 2.73. The van der Waals surface area contributed by atoms with Crippen molar-refractivity contribution in [2.24, 2.45) is 5.92 Å². The van der Waals surface area contributed by atoms with Gasteiger partial charge in [-0.3, -0.25) is 9.55 Å². The van der Waals surface area contributed by atoms with Crippen LogP contribution in [0.15, 0.2) is 36.8 Å². The Hall–Kier alpha value is -1.87. The molecule has 0 radical (unpaired) electrons. The highest BCUT2D eigenvalue weighted by Crippen LogP contribution is 2.25. The van der Waals surface area contributed by atoms with Crippen LogP contribution < -0.4 is 0 Å². The van der Waals surface area contributed by atoms with E-state index >= 15 is 0 Å². The summed E-state index contributed by atoms with van der Waals surface area (Å²) in [5.41, 5.74) is 5.49. The van der Waals surface area contributed by atoms with Gasteiger partial charge in [0.1, 0.15) is 6.33 Å². The molecule has 0 aliphatic rings. The summed E-state index contributed by atoms with van der Waals surface area (Å²) in [4.78, 5) is 9.04. The van der Waals surface area contributed by atoms with E-state index in [1.807, 2.05) is 30.7 Å². The number of nitrogens with zero attached hydrogens (tertiary/aromatic N) is 3. The Morgan fingerprint density at radius 2 is 2.00 bits per heavy atom. The molecule has 0 atom stereocenters. The summed E-state index contributed by atoms with van der Waals surface area (Å²) in [5.74, 6) is 0.587. The summed E-state index contributed by atoms with van der Waals surface area (Å²) >= 11 is 6.15. The van der Waals surface area contributed by atoms with E-state index in [1.165, 1.54) is 5.56 Å². The summed E-state index contributed by atoms with van der Waals surface area (Å²) in [5, 5.41) is 0.720. The van der Waals surface area contributed by atoms with Gasteiger partial charge in [0.05, 0.1) is 22.9 Å². The number of hydrogen-bond donors (Lipinski definition) is 0. The molecule has 3 aromatic rings. The average molecular weight is 314 g/mol. The number of pyridine rings is 1. The molecule has 0 saturated heterocycles. The van der Waals surface area contributed by atoms with E-state index < -0.39 is 0 Å². The molecule has 3 nitrogen and oxygen atoms in total. The molecule has 0 fully saturated rings. The molecule has 0 unspecified atom stereocenters. The molecule has 0 N–H and O–H groups in total. The van der Waals surface area contributed by atoms with Crippen LogP contribution in [0.5, 0.6) is 0 Å². The summed E-state index contributed by atoms with van der Waals surface area (Å²) in [6.07, 6.45) is 5.78. The number of fused-ring (bicyclic) bond motifs is 1. The predicted molar refractivity (Wildman–Crippen MR) is 91.8 cm³/mol. The zero-order valence-electron chi connectivity index (χ0n) is 13.2. The molecular formula is C18H20ClN3. The summed E-state index contributed by atoms with van der Waals surface area (Å²) in [6.45, 7) is 6.60. The van der Waals surface area contributed by atoms with Gasteiger partial charge in [-0.15, -0.1) is 0 Å². The minimum absolute atomic E-state index is 0.587. The van der Waals surface area contributed by atoms with Crippen molar-refractivity contribution in [2.45, 2.75) is 33.6 Å². The van der Waals surface area contributed by atoms with Gasteiger partial charge in [-0.1, -0.05) is 32.4 Å². The Balaban J connectivity index is 2.18. The van der Waals surface area contributed by atoms with E-state index in [0.29, 0.717) is 5.92 Å². The van der Waals surface area contributed by atoms with Crippen LogP contribution in [-0.4, -0.2) is 14.5 Å². The smallest absolute Gasteiger partial charge is 0.100 e. The second kappa shape index (κ2) is 6.09. The number of rotatable bonds is 4. The van der Waals surface area contributed by atoms with Crippen molar-refractivity contribution in [3.8, 4) is 5.69 Å². The highest BCUT2D eigenvalue weighted by atomic mass is 35.5. The maximum atomic E-state index is 6.15. The minimum atomic E-state index is 0.587. The van der Waals surface area contributed by atoms with Gasteiger partial charge in [-0.2, -0.15) is 0 Å². The van der Waals surface area contributed by atoms with E-state index in [9.17, 15) is 0 Å². The number of imidazole rings is 1. The molecule has 2 aromatic heterocycles. The number of aromatic nitrogens is 3. The van der Waals surface area contributed by atoms with Gasteiger partial charge in [0, 0.05) is 10.7 Å². The van der Waals surface area contributed by atoms with Crippen LogP contribution in [0, 0.1) is 5.92 Å². The molecule has 2 heterocycles. The zero-order valence-corrected chi connectivity index (χ0v) is 13.9. The van der Waals surface area contributed by atoms with Gasteiger partial charge in [-0.25, -0.2) is 4.98 Å². The Morgan fingerprint density at radius 1 is 1.18 bits per heavy atom. The second-order valence-corrected chi connectivity index (χ2v) is 6.44. The maximum absolute atomic E-state index is 6.15. The largest absolute Gasteiger partial charge is 0.297 e. The molecule has 114 valence electrons. The predicted octanol–water partition coefficient (Wildman–Crippen LogP) is 4.83. The molecular weight excluding hydrogens is 294 g/mol. The highest BCUT2D eigenvalue weighted by molar-refractivity contribution is 6.31. The number of hydrogen-bond acceptors (Lipinski definition) is 2. The van der Waals surface area contributed by atoms with E-state index in [4.69, 9.17) is 11.6 Å². The first-order chi connectivity index (χ1) is 10.6. The normalized spacial score (nSPS) is 11.5. The molecule has 0 spiro atoms. The van der Waals surface area contributed by atoms with E-state index in [1.54, 1.807) is 0 Å². The number of benzene rings is 1. The fourth-order valence-corrected chi connectivity index (χ4v) is 2.89. The van der Waals surface area contributed by atoms with Crippen LogP contribution in [0.1, 0.15) is 32.0 Å². The van der Waals surface area contributed by atoms with Crippen molar-refractivity contribution in [1.82, 2.24) is 14.5 Å². The van der Waals surface area contributed by atoms with Gasteiger partial charge in [0.25, 0.3) is 0 Å². The molecule has 1 aromatic carbocycles. The van der Waals surface area contributed by atoms with Crippen molar-refractivity contribution in [1.29, 1.82) is 0 Å². The summed E-state index contributed by atoms with van der Waals surface area (Å²) < 4.78 is 2.09. The zero-order chi connectivity index (χ0) is 15.7. The molecule has 0 saturated carbocycles. The van der Waals surface area contributed by atoms with Gasteiger partial charge < -0.3 is 0 Å². The molecule has 0 aliphatic carbocycles. The number of halogens is 1. The van der Waals surface area contributed by atoms with E-state index in [0.717, 1.165) is 40.3 Å². The lowest BCUT2D eigenvalue weighted by atomic mass is 10.0. The van der Waals surface area contributed by atoms with Crippen molar-refractivity contribution >= 4 is 22.6 Å². The maximum Gasteiger partial charge on any atom is 0.100 e. The van der Waals surface area contributed by atoms with Gasteiger partial charge >= 0.3 is 0 Å². The lowest BCUT2D eigenvalue weighted by molar-refractivity contribution is 0.643. The van der Waals surface area contributed by atoms with Gasteiger partial charge in [0.2, 0.25) is 0 Å². The highest BCUT2D eigenvalue weighted by Gasteiger charge is 2.12. The minimum Gasteiger partial charge on any atom is -0.297 e. The Kier molecular flexibility index (Phi) is 4.16. The Morgan fingerprint density at radius 3 is 2.73 bits per heavy atom. The van der Waals surface area contributed by atoms with E-state index in [-0.39, 0.29) is 0 Å². The average Bonchev–Trinajstić information content (AvgIpc) is 2.89. The van der Waals surface area contributed by atoms with Gasteiger partial charge in [0.15, 0.2) is 0 Å². The first kappa shape index (κ1) is 15.0. The van der Waals surface area contributed by atoms with Crippen LogP contribution in [0.25, 0.3) is 16.7 Å². The second-order valence-electron chi connectivity index (χ2n) is 6.00. The monoisotopic (exact) mass is 313 g/mol. The fraction of sp³-hybridized carbons (Fsp3) is 0.333. The summed E-state index contributed by atoms with van der Waals surface area (Å²) in [6, 6.07) is 7.99. The lowest BCUT2D eigenvalue weighted by Crippen LogP contribution is -2.05. The standard InChI is InChI=1S/C18H20ClN3/c1-4-15-8-13(7-12(2)3)18(10-20-15)22-11-21-16-6-5-14(19)9-17(16)22/h5-6,8-12H,4,7H2,1-3H3. The van der Waals surface area contributed by atoms with Crippen LogP contribution >= 0.6 is 11.6 Å². The van der Waals surface area contributed by atoms with Crippen LogP contribution in [0.2, 0.25) is 5.02 Å². The third-order valence-electron chi connectivity index (χ3n) is 3.78. The summed E-state index contributed by atoms with van der Waals surface area (Å²) in [7, 11) is 0. The lowest BCUT2D eigenvalue weighted by Gasteiger charge is -2.14. The van der Waals surface area contributed by atoms with Gasteiger partial charge in [-0.05, 0) is 48.6 Å². The topological polar surface area (TPSA) is 30.7 Å². The molecule has 4 heteroatoms. The molecule has 0 amide bonds. The molecule has 0 bridgehead atoms. The first-order valence-corrected chi connectivity index (χ1v) is 8.07. The van der Waals surface area contributed by atoms with Crippen molar-refractivity contribution in [3.63, 3.8) is 0 Å². The molecule has 0 aliphatic heterocycles. The van der Waals surface area contributed by atoms with Crippen molar-refractivity contribution in [3.05, 3.63) is 53.1 Å². The third kappa shape index (κ3) is 2.86. The van der Waals surface area contributed by atoms with Crippen LogP contribution in [0.3, 0.4) is 0 Å². The third-order valence-corrected chi connectivity index (χ3v) is 4.02. The van der Waals surface area contributed by atoms with Crippen molar-refractivity contribution in [2.75, 3.05) is 0 Å². The quantitative estimate of drug-likeness (QED) is 0.690. The first-order valence-electron chi connectivity index (χ1n) is 7.69. The van der Waals surface area contributed by atoms with Crippen LogP contribution in [-0.2, 0) is 12.8 Å². The molecule has 3 rings (SSSR count). The Labute approximate surface area is 136 Å². The van der Waals surface area contributed by atoms with Crippen LogP contribution in [0.4, 0.5) is 0 Å². The van der Waals surface area contributed by atoms with Crippen molar-refractivity contribution < 1.29 is 0 Å². The number of aryl methyl sites for hydroxylation is 1. The SMILES string of the molecule is CCc1cc(CC(C)C)c(-n2cnc3ccc(Cl)cc32)cn1.